The highest BCUT2D eigenvalue weighted by Gasteiger charge is 2.12. The van der Waals surface area contributed by atoms with E-state index in [1.165, 1.54) is 16.7 Å². The van der Waals surface area contributed by atoms with Gasteiger partial charge >= 0.3 is 0 Å². The van der Waals surface area contributed by atoms with Crippen LogP contribution in [0.25, 0.3) is 0 Å². The molecule has 0 unspecified atom stereocenters. The van der Waals surface area contributed by atoms with Gasteiger partial charge in [0.25, 0.3) is 0 Å². The average Bonchev–Trinajstić information content (AvgIpc) is 2.39. The zero-order chi connectivity index (χ0) is 13.9. The summed E-state index contributed by atoms with van der Waals surface area (Å²) >= 11 is 0. The van der Waals surface area contributed by atoms with Crippen LogP contribution in [0, 0.1) is 0 Å². The number of benzene rings is 2. The lowest BCUT2D eigenvalue weighted by Crippen LogP contribution is -2.10. The lowest BCUT2D eigenvalue weighted by atomic mass is 9.86. The molecule has 0 aliphatic rings. The molecule has 2 aromatic rings. The summed E-state index contributed by atoms with van der Waals surface area (Å²) in [4.78, 5) is 0. The first-order valence-corrected chi connectivity index (χ1v) is 6.85. The summed E-state index contributed by atoms with van der Waals surface area (Å²) in [6, 6.07) is 17.6. The average molecular weight is 253 g/mol. The van der Waals surface area contributed by atoms with Crippen LogP contribution in [0.15, 0.2) is 48.5 Å². The van der Waals surface area contributed by atoms with E-state index in [9.17, 15) is 0 Å². The van der Waals surface area contributed by atoms with E-state index < -0.39 is 0 Å². The van der Waals surface area contributed by atoms with E-state index in [0.29, 0.717) is 0 Å². The van der Waals surface area contributed by atoms with Gasteiger partial charge in [0.15, 0.2) is 0 Å². The number of anilines is 1. The van der Waals surface area contributed by atoms with Crippen LogP contribution in [0.5, 0.6) is 0 Å². The second-order valence-electron chi connectivity index (χ2n) is 6.07. The molecule has 0 aromatic heterocycles. The third-order valence-corrected chi connectivity index (χ3v) is 3.47. The van der Waals surface area contributed by atoms with Gasteiger partial charge in [-0.3, -0.25) is 0 Å². The van der Waals surface area contributed by atoms with Crippen molar-refractivity contribution in [1.82, 2.24) is 0 Å². The van der Waals surface area contributed by atoms with Crippen LogP contribution in [0.4, 0.5) is 5.69 Å². The molecule has 0 amide bonds. The normalized spacial score (nSPS) is 11.4. The number of hydrogen-bond donors (Lipinski definition) is 1. The van der Waals surface area contributed by atoms with Gasteiger partial charge in [-0.25, -0.2) is 0 Å². The first-order chi connectivity index (χ1) is 8.99. The molecule has 2 rings (SSSR count). The Morgan fingerprint density at radius 1 is 0.789 bits per heavy atom. The van der Waals surface area contributed by atoms with Gasteiger partial charge in [-0.1, -0.05) is 57.2 Å². The summed E-state index contributed by atoms with van der Waals surface area (Å²) < 4.78 is 0. The molecule has 1 heteroatoms. The largest absolute Gasteiger partial charge is 0.388 e. The Labute approximate surface area is 116 Å². The van der Waals surface area contributed by atoms with Crippen LogP contribution in [0.3, 0.4) is 0 Å². The third kappa shape index (κ3) is 3.60. The number of nitrogens with one attached hydrogen (secondary N) is 1. The molecule has 0 bridgehead atoms. The maximum absolute atomic E-state index is 3.14. The van der Waals surface area contributed by atoms with E-state index in [1.54, 1.807) is 0 Å². The molecule has 0 saturated carbocycles. The van der Waals surface area contributed by atoms with Crippen molar-refractivity contribution >= 4 is 5.69 Å². The standard InChI is InChI=1S/C18H23N/c1-18(2,3)16-9-5-14(6-10-16)13-15-7-11-17(19-4)12-8-15/h5-12,19H,13H2,1-4H3. The van der Waals surface area contributed by atoms with Crippen molar-refractivity contribution in [3.8, 4) is 0 Å². The Morgan fingerprint density at radius 2 is 1.26 bits per heavy atom. The third-order valence-electron chi connectivity index (χ3n) is 3.47. The molecule has 1 nitrogen and oxygen atoms in total. The van der Waals surface area contributed by atoms with Crippen molar-refractivity contribution < 1.29 is 0 Å². The molecule has 19 heavy (non-hydrogen) atoms. The quantitative estimate of drug-likeness (QED) is 0.842. The monoisotopic (exact) mass is 253 g/mol. The fourth-order valence-corrected chi connectivity index (χ4v) is 2.15. The molecule has 100 valence electrons. The molecule has 0 spiro atoms. The van der Waals surface area contributed by atoms with Gasteiger partial charge in [-0.15, -0.1) is 0 Å². The van der Waals surface area contributed by atoms with E-state index in [1.807, 2.05) is 7.05 Å². The summed E-state index contributed by atoms with van der Waals surface area (Å²) in [6.45, 7) is 6.75. The lowest BCUT2D eigenvalue weighted by Gasteiger charge is -2.19. The fraction of sp³-hybridized carbons (Fsp3) is 0.333. The number of rotatable bonds is 3. The topological polar surface area (TPSA) is 12.0 Å². The highest BCUT2D eigenvalue weighted by atomic mass is 14.8. The second-order valence-corrected chi connectivity index (χ2v) is 6.07. The smallest absolute Gasteiger partial charge is 0.0337 e. The van der Waals surface area contributed by atoms with Crippen LogP contribution in [-0.2, 0) is 11.8 Å². The zero-order valence-electron chi connectivity index (χ0n) is 12.3. The van der Waals surface area contributed by atoms with Crippen molar-refractivity contribution in [1.29, 1.82) is 0 Å². The van der Waals surface area contributed by atoms with Crippen LogP contribution in [-0.4, -0.2) is 7.05 Å². The Balaban J connectivity index is 2.10. The van der Waals surface area contributed by atoms with Crippen molar-refractivity contribution in [2.75, 3.05) is 12.4 Å². The van der Waals surface area contributed by atoms with E-state index in [2.05, 4.69) is 74.6 Å². The Morgan fingerprint density at radius 3 is 1.68 bits per heavy atom. The molecule has 0 saturated heterocycles. The minimum Gasteiger partial charge on any atom is -0.388 e. The van der Waals surface area contributed by atoms with Crippen molar-refractivity contribution in [3.05, 3.63) is 65.2 Å². The predicted molar refractivity (Wildman–Crippen MR) is 83.9 cm³/mol. The minimum atomic E-state index is 0.229. The minimum absolute atomic E-state index is 0.229. The maximum Gasteiger partial charge on any atom is 0.0337 e. The van der Waals surface area contributed by atoms with E-state index in [-0.39, 0.29) is 5.41 Å². The van der Waals surface area contributed by atoms with Gasteiger partial charge in [-0.05, 0) is 40.7 Å². The SMILES string of the molecule is CNc1ccc(Cc2ccc(C(C)(C)C)cc2)cc1. The fourth-order valence-electron chi connectivity index (χ4n) is 2.15. The maximum atomic E-state index is 3.14. The lowest BCUT2D eigenvalue weighted by molar-refractivity contribution is 0.590. The van der Waals surface area contributed by atoms with Gasteiger partial charge in [0.2, 0.25) is 0 Å². The predicted octanol–water partition coefficient (Wildman–Crippen LogP) is 4.62. The summed E-state index contributed by atoms with van der Waals surface area (Å²) in [6.07, 6.45) is 0.994. The van der Waals surface area contributed by atoms with Gasteiger partial charge in [0.05, 0.1) is 0 Å². The first kappa shape index (κ1) is 13.7. The van der Waals surface area contributed by atoms with Crippen LogP contribution in [0.1, 0.15) is 37.5 Å². The molecule has 2 aromatic carbocycles. The first-order valence-electron chi connectivity index (χ1n) is 6.85. The van der Waals surface area contributed by atoms with E-state index in [4.69, 9.17) is 0 Å². The van der Waals surface area contributed by atoms with Gasteiger partial charge in [-0.2, -0.15) is 0 Å². The summed E-state index contributed by atoms with van der Waals surface area (Å²) in [5, 5.41) is 3.14. The number of hydrogen-bond acceptors (Lipinski definition) is 1. The zero-order valence-corrected chi connectivity index (χ0v) is 12.3. The molecular formula is C18H23N. The second kappa shape index (κ2) is 5.48. The molecule has 0 aliphatic heterocycles. The van der Waals surface area contributed by atoms with Crippen molar-refractivity contribution in [3.63, 3.8) is 0 Å². The Kier molecular flexibility index (Phi) is 3.94. The Hall–Kier alpha value is -1.76. The Bertz CT molecular complexity index is 515. The summed E-state index contributed by atoms with van der Waals surface area (Å²) in [5.74, 6) is 0. The highest BCUT2D eigenvalue weighted by Crippen LogP contribution is 2.23. The molecular weight excluding hydrogens is 230 g/mol. The molecule has 0 fully saturated rings. The van der Waals surface area contributed by atoms with E-state index >= 15 is 0 Å². The molecule has 0 aliphatic carbocycles. The summed E-state index contributed by atoms with van der Waals surface area (Å²) in [5.41, 5.74) is 5.49. The van der Waals surface area contributed by atoms with Gasteiger partial charge in [0, 0.05) is 12.7 Å². The van der Waals surface area contributed by atoms with Gasteiger partial charge < -0.3 is 5.32 Å². The van der Waals surface area contributed by atoms with Crippen molar-refractivity contribution in [2.45, 2.75) is 32.6 Å². The van der Waals surface area contributed by atoms with Gasteiger partial charge in [0.1, 0.15) is 0 Å². The van der Waals surface area contributed by atoms with Crippen molar-refractivity contribution in [2.24, 2.45) is 0 Å². The van der Waals surface area contributed by atoms with E-state index in [0.717, 1.165) is 12.1 Å². The van der Waals surface area contributed by atoms with Crippen LogP contribution in [0.2, 0.25) is 0 Å². The van der Waals surface area contributed by atoms with Crippen LogP contribution < -0.4 is 5.32 Å². The molecule has 0 heterocycles. The molecule has 0 radical (unpaired) electrons. The summed E-state index contributed by atoms with van der Waals surface area (Å²) in [7, 11) is 1.94. The molecule has 0 atom stereocenters. The highest BCUT2D eigenvalue weighted by molar-refractivity contribution is 5.44. The van der Waals surface area contributed by atoms with Crippen LogP contribution >= 0.6 is 0 Å². The molecule has 1 N–H and O–H groups in total.